The van der Waals surface area contributed by atoms with E-state index >= 15 is 0 Å². The largest absolute Gasteiger partial charge is 0.573 e. The summed E-state index contributed by atoms with van der Waals surface area (Å²) >= 11 is 10.6. The summed E-state index contributed by atoms with van der Waals surface area (Å²) in [7, 11) is 0. The number of nitrogens with one attached hydrogen (secondary N) is 2. The molecule has 2 aromatic rings. The maximum Gasteiger partial charge on any atom is 0.573 e. The molecule has 0 aliphatic rings. The standard InChI is InChI=1S/C14H9ClF4N2OS/c15-10-5-2-6-11(12(10)16)21-13(23)20-8-3-1-4-9(7-8)22-14(17,18)19/h1-7H,(H2,20,21,23). The number of thiocarbonyl (C=S) groups is 1. The first-order chi connectivity index (χ1) is 10.7. The third kappa shape index (κ3) is 5.26. The quantitative estimate of drug-likeness (QED) is 0.580. The van der Waals surface area contributed by atoms with Crippen LogP contribution in [0, 0.1) is 5.82 Å². The highest BCUT2D eigenvalue weighted by Crippen LogP contribution is 2.26. The van der Waals surface area contributed by atoms with Crippen LogP contribution in [-0.2, 0) is 0 Å². The number of ether oxygens (including phenoxy) is 1. The van der Waals surface area contributed by atoms with Gasteiger partial charge in [-0.25, -0.2) is 4.39 Å². The second-order valence-corrected chi connectivity index (χ2v) is 5.07. The molecule has 0 unspecified atom stereocenters. The number of halogens is 5. The van der Waals surface area contributed by atoms with Gasteiger partial charge in [0.15, 0.2) is 10.9 Å². The van der Waals surface area contributed by atoms with Gasteiger partial charge in [-0.3, -0.25) is 0 Å². The number of alkyl halides is 3. The molecule has 2 rings (SSSR count). The van der Waals surface area contributed by atoms with Crippen molar-refractivity contribution in [2.45, 2.75) is 6.36 Å². The van der Waals surface area contributed by atoms with Crippen LogP contribution >= 0.6 is 23.8 Å². The molecule has 2 N–H and O–H groups in total. The van der Waals surface area contributed by atoms with Crippen molar-refractivity contribution in [1.29, 1.82) is 0 Å². The fourth-order valence-electron chi connectivity index (χ4n) is 1.66. The molecule has 0 aromatic heterocycles. The molecule has 0 atom stereocenters. The lowest BCUT2D eigenvalue weighted by Gasteiger charge is -2.13. The molecule has 0 amide bonds. The molecule has 0 spiro atoms. The number of anilines is 2. The lowest BCUT2D eigenvalue weighted by Crippen LogP contribution is -2.20. The van der Waals surface area contributed by atoms with Crippen LogP contribution in [-0.4, -0.2) is 11.5 Å². The third-order valence-electron chi connectivity index (χ3n) is 2.53. The second-order valence-electron chi connectivity index (χ2n) is 4.26. The second kappa shape index (κ2) is 7.01. The predicted octanol–water partition coefficient (Wildman–Crippen LogP) is 5.19. The van der Waals surface area contributed by atoms with Gasteiger partial charge in [0.25, 0.3) is 0 Å². The number of hydrogen-bond acceptors (Lipinski definition) is 2. The normalized spacial score (nSPS) is 11.0. The fraction of sp³-hybridized carbons (Fsp3) is 0.0714. The lowest BCUT2D eigenvalue weighted by molar-refractivity contribution is -0.274. The Kier molecular flexibility index (Phi) is 5.27. The van der Waals surface area contributed by atoms with Gasteiger partial charge in [-0.05, 0) is 36.5 Å². The Labute approximate surface area is 139 Å². The Bertz CT molecular complexity index is 724. The summed E-state index contributed by atoms with van der Waals surface area (Å²) in [6.07, 6.45) is -4.79. The monoisotopic (exact) mass is 364 g/mol. The van der Waals surface area contributed by atoms with E-state index in [9.17, 15) is 17.6 Å². The van der Waals surface area contributed by atoms with E-state index in [1.165, 1.54) is 30.3 Å². The highest BCUT2D eigenvalue weighted by molar-refractivity contribution is 7.80. The van der Waals surface area contributed by atoms with Gasteiger partial charge in [0.1, 0.15) is 5.75 Å². The minimum Gasteiger partial charge on any atom is -0.406 e. The third-order valence-corrected chi connectivity index (χ3v) is 3.02. The number of benzene rings is 2. The van der Waals surface area contributed by atoms with Gasteiger partial charge in [0, 0.05) is 11.8 Å². The molecule has 9 heteroatoms. The summed E-state index contributed by atoms with van der Waals surface area (Å²) in [4.78, 5) is 0. The van der Waals surface area contributed by atoms with Crippen molar-refractivity contribution in [3.63, 3.8) is 0 Å². The summed E-state index contributed by atoms with van der Waals surface area (Å²) in [5, 5.41) is 5.09. The van der Waals surface area contributed by atoms with Crippen LogP contribution in [0.15, 0.2) is 42.5 Å². The molecule has 0 saturated carbocycles. The lowest BCUT2D eigenvalue weighted by atomic mass is 10.3. The number of hydrogen-bond donors (Lipinski definition) is 2. The first kappa shape index (κ1) is 17.3. The molecular formula is C14H9ClF4N2OS. The Hall–Kier alpha value is -2.06. The SMILES string of the molecule is Fc1c(Cl)cccc1NC(=S)Nc1cccc(OC(F)(F)F)c1. The Balaban J connectivity index is 2.06. The maximum atomic E-state index is 13.7. The van der Waals surface area contributed by atoms with Gasteiger partial charge in [0.2, 0.25) is 0 Å². The van der Waals surface area contributed by atoms with Gasteiger partial charge in [0.05, 0.1) is 10.7 Å². The van der Waals surface area contributed by atoms with Crippen molar-refractivity contribution in [2.75, 3.05) is 10.6 Å². The minimum atomic E-state index is -4.79. The van der Waals surface area contributed by atoms with Crippen LogP contribution in [0.2, 0.25) is 5.02 Å². The molecule has 3 nitrogen and oxygen atoms in total. The average molecular weight is 365 g/mol. The van der Waals surface area contributed by atoms with Gasteiger partial charge < -0.3 is 15.4 Å². The number of rotatable bonds is 3. The van der Waals surface area contributed by atoms with Crippen LogP contribution in [0.25, 0.3) is 0 Å². The van der Waals surface area contributed by atoms with E-state index in [4.69, 9.17) is 23.8 Å². The molecular weight excluding hydrogens is 356 g/mol. The summed E-state index contributed by atoms with van der Waals surface area (Å²) in [6, 6.07) is 9.39. The molecule has 0 fully saturated rings. The van der Waals surface area contributed by atoms with Crippen molar-refractivity contribution >= 4 is 40.3 Å². The molecule has 2 aromatic carbocycles. The molecule has 23 heavy (non-hydrogen) atoms. The van der Waals surface area contributed by atoms with E-state index in [2.05, 4.69) is 15.4 Å². The highest BCUT2D eigenvalue weighted by Gasteiger charge is 2.31. The molecule has 0 bridgehead atoms. The van der Waals surface area contributed by atoms with E-state index < -0.39 is 17.9 Å². The maximum absolute atomic E-state index is 13.7. The van der Waals surface area contributed by atoms with Gasteiger partial charge >= 0.3 is 6.36 Å². The topological polar surface area (TPSA) is 33.3 Å². The van der Waals surface area contributed by atoms with Crippen LogP contribution in [0.5, 0.6) is 5.75 Å². The predicted molar refractivity (Wildman–Crippen MR) is 84.4 cm³/mol. The van der Waals surface area contributed by atoms with Crippen molar-refractivity contribution in [2.24, 2.45) is 0 Å². The van der Waals surface area contributed by atoms with Gasteiger partial charge in [-0.2, -0.15) is 0 Å². The van der Waals surface area contributed by atoms with Gasteiger partial charge in [-0.1, -0.05) is 23.7 Å². The Morgan fingerprint density at radius 1 is 1.09 bits per heavy atom. The first-order valence-electron chi connectivity index (χ1n) is 6.12. The smallest absolute Gasteiger partial charge is 0.406 e. The van der Waals surface area contributed by atoms with Crippen LogP contribution < -0.4 is 15.4 Å². The van der Waals surface area contributed by atoms with E-state index in [1.807, 2.05) is 0 Å². The van der Waals surface area contributed by atoms with Crippen LogP contribution in [0.4, 0.5) is 28.9 Å². The van der Waals surface area contributed by atoms with Crippen molar-refractivity contribution in [1.82, 2.24) is 0 Å². The van der Waals surface area contributed by atoms with E-state index in [0.29, 0.717) is 0 Å². The van der Waals surface area contributed by atoms with E-state index in [-0.39, 0.29) is 21.5 Å². The van der Waals surface area contributed by atoms with Crippen molar-refractivity contribution in [3.8, 4) is 5.75 Å². The molecule has 122 valence electrons. The zero-order valence-electron chi connectivity index (χ0n) is 11.2. The summed E-state index contributed by atoms with van der Waals surface area (Å²) in [5.41, 5.74) is 0.282. The minimum absolute atomic E-state index is 0.0182. The van der Waals surface area contributed by atoms with Crippen molar-refractivity contribution in [3.05, 3.63) is 53.3 Å². The van der Waals surface area contributed by atoms with E-state index in [0.717, 1.165) is 12.1 Å². The zero-order chi connectivity index (χ0) is 17.0. The molecule has 0 aliphatic carbocycles. The van der Waals surface area contributed by atoms with Gasteiger partial charge in [-0.15, -0.1) is 13.2 Å². The Morgan fingerprint density at radius 3 is 2.48 bits per heavy atom. The summed E-state index contributed by atoms with van der Waals surface area (Å²) in [6.45, 7) is 0. The molecule has 0 saturated heterocycles. The zero-order valence-corrected chi connectivity index (χ0v) is 12.8. The van der Waals surface area contributed by atoms with Crippen LogP contribution in [0.3, 0.4) is 0 Å². The Morgan fingerprint density at radius 2 is 1.78 bits per heavy atom. The first-order valence-corrected chi connectivity index (χ1v) is 6.91. The van der Waals surface area contributed by atoms with Crippen LogP contribution in [0.1, 0.15) is 0 Å². The van der Waals surface area contributed by atoms with Crippen molar-refractivity contribution < 1.29 is 22.3 Å². The van der Waals surface area contributed by atoms with E-state index in [1.54, 1.807) is 0 Å². The average Bonchev–Trinajstić information content (AvgIpc) is 2.42. The molecule has 0 aliphatic heterocycles. The molecule has 0 heterocycles. The fourth-order valence-corrected chi connectivity index (χ4v) is 2.06. The molecule has 0 radical (unpaired) electrons. The summed E-state index contributed by atoms with van der Waals surface area (Å²) in [5.74, 6) is -1.09. The highest BCUT2D eigenvalue weighted by atomic mass is 35.5. The summed E-state index contributed by atoms with van der Waals surface area (Å²) < 4.78 is 54.0.